The molecule has 0 bridgehead atoms. The fraction of sp³-hybridized carbons (Fsp3) is 0.333. The van der Waals surface area contributed by atoms with Crippen molar-refractivity contribution < 1.29 is 9.47 Å². The van der Waals surface area contributed by atoms with Crippen molar-refractivity contribution in [3.8, 4) is 0 Å². The summed E-state index contributed by atoms with van der Waals surface area (Å²) in [6, 6.07) is 20.8. The predicted octanol–water partition coefficient (Wildman–Crippen LogP) is 3.48. The van der Waals surface area contributed by atoms with E-state index in [1.807, 2.05) is 43.3 Å². The van der Waals surface area contributed by atoms with Crippen molar-refractivity contribution in [3.05, 3.63) is 60.7 Å². The van der Waals surface area contributed by atoms with E-state index in [0.29, 0.717) is 13.2 Å². The molecule has 1 aliphatic rings. The van der Waals surface area contributed by atoms with Crippen molar-refractivity contribution >= 4 is 11.4 Å². The van der Waals surface area contributed by atoms with Crippen LogP contribution in [0.3, 0.4) is 0 Å². The Bertz CT molecular complexity index is 522. The van der Waals surface area contributed by atoms with Crippen molar-refractivity contribution in [1.82, 2.24) is 5.43 Å². The molecule has 2 aromatic carbocycles. The second-order valence-electron chi connectivity index (χ2n) is 5.29. The molecule has 1 aliphatic heterocycles. The zero-order valence-corrected chi connectivity index (χ0v) is 12.8. The minimum Gasteiger partial charge on any atom is -0.353 e. The summed E-state index contributed by atoms with van der Waals surface area (Å²) in [5.41, 5.74) is 5.78. The molecule has 0 aliphatic carbocycles. The first kappa shape index (κ1) is 15.0. The molecule has 2 atom stereocenters. The Kier molecular flexibility index (Phi) is 5.06. The Labute approximate surface area is 131 Å². The van der Waals surface area contributed by atoms with Gasteiger partial charge in [0.05, 0.1) is 24.0 Å². The number of para-hydroxylation sites is 2. The van der Waals surface area contributed by atoms with E-state index < -0.39 is 0 Å². The number of hydrogen-bond donors (Lipinski definition) is 1. The summed E-state index contributed by atoms with van der Waals surface area (Å²) >= 11 is 0. The topological polar surface area (TPSA) is 33.7 Å². The van der Waals surface area contributed by atoms with Gasteiger partial charge < -0.3 is 9.47 Å². The Morgan fingerprint density at radius 1 is 1.05 bits per heavy atom. The number of anilines is 2. The van der Waals surface area contributed by atoms with E-state index >= 15 is 0 Å². The average Bonchev–Trinajstić information content (AvgIpc) is 3.02. The minimum absolute atomic E-state index is 0.101. The van der Waals surface area contributed by atoms with Gasteiger partial charge in [0, 0.05) is 13.0 Å². The highest BCUT2D eigenvalue weighted by molar-refractivity contribution is 5.61. The van der Waals surface area contributed by atoms with Crippen molar-refractivity contribution in [3.63, 3.8) is 0 Å². The normalized spacial score (nSPS) is 21.0. The summed E-state index contributed by atoms with van der Waals surface area (Å²) in [7, 11) is 0. The molecule has 2 aromatic rings. The first-order valence-electron chi connectivity index (χ1n) is 7.76. The largest absolute Gasteiger partial charge is 0.353 e. The maximum atomic E-state index is 5.67. The van der Waals surface area contributed by atoms with Crippen LogP contribution >= 0.6 is 0 Å². The third-order valence-electron chi connectivity index (χ3n) is 3.65. The smallest absolute Gasteiger partial charge is 0.159 e. The van der Waals surface area contributed by atoms with Gasteiger partial charge in [-0.05, 0) is 31.2 Å². The van der Waals surface area contributed by atoms with Gasteiger partial charge in [0.1, 0.15) is 0 Å². The van der Waals surface area contributed by atoms with Crippen molar-refractivity contribution in [1.29, 1.82) is 0 Å². The summed E-state index contributed by atoms with van der Waals surface area (Å²) in [5, 5.41) is 2.11. The first-order chi connectivity index (χ1) is 10.9. The van der Waals surface area contributed by atoms with Gasteiger partial charge in [-0.2, -0.15) is 0 Å². The van der Waals surface area contributed by atoms with Crippen LogP contribution in [0.1, 0.15) is 13.3 Å². The number of ether oxygens (including phenoxy) is 2. The molecule has 0 unspecified atom stereocenters. The van der Waals surface area contributed by atoms with Gasteiger partial charge in [-0.3, -0.25) is 5.01 Å². The highest BCUT2D eigenvalue weighted by Gasteiger charge is 2.27. The molecule has 1 fully saturated rings. The van der Waals surface area contributed by atoms with Gasteiger partial charge in [0.25, 0.3) is 0 Å². The lowest BCUT2D eigenvalue weighted by Gasteiger charge is -2.28. The Balaban J connectivity index is 1.76. The molecule has 1 saturated heterocycles. The van der Waals surface area contributed by atoms with Crippen molar-refractivity contribution in [2.24, 2.45) is 0 Å². The van der Waals surface area contributed by atoms with Crippen LogP contribution in [0.4, 0.5) is 11.4 Å². The van der Waals surface area contributed by atoms with Crippen LogP contribution in [0.2, 0.25) is 0 Å². The summed E-state index contributed by atoms with van der Waals surface area (Å²) in [4.78, 5) is 0. The van der Waals surface area contributed by atoms with Crippen LogP contribution in [0.15, 0.2) is 60.7 Å². The maximum Gasteiger partial charge on any atom is 0.159 e. The summed E-state index contributed by atoms with van der Waals surface area (Å²) in [6.07, 6.45) is 0.750. The molecule has 3 rings (SSSR count). The highest BCUT2D eigenvalue weighted by atomic mass is 16.7. The standard InChI is InChI=1S/C18H22N2O2/c1-2-21-18-13-15(14-22-18)19-20(16-9-5-3-6-10-16)17-11-7-4-8-12-17/h3-12,15,18-19H,2,13-14H2,1H3/t15-,18-/m0/s1. The predicted molar refractivity (Wildman–Crippen MR) is 87.9 cm³/mol. The summed E-state index contributed by atoms with van der Waals surface area (Å²) in [6.45, 7) is 3.32. The van der Waals surface area contributed by atoms with Crippen LogP contribution in [-0.2, 0) is 9.47 Å². The highest BCUT2D eigenvalue weighted by Crippen LogP contribution is 2.24. The van der Waals surface area contributed by atoms with Crippen LogP contribution < -0.4 is 10.4 Å². The lowest BCUT2D eigenvalue weighted by molar-refractivity contribution is -0.106. The van der Waals surface area contributed by atoms with Gasteiger partial charge >= 0.3 is 0 Å². The SMILES string of the molecule is CCO[C@@H]1C[C@H](NN(c2ccccc2)c2ccccc2)CO1. The number of rotatable bonds is 6. The third kappa shape index (κ3) is 3.65. The van der Waals surface area contributed by atoms with Crippen LogP contribution in [0, 0.1) is 0 Å². The second-order valence-corrected chi connectivity index (χ2v) is 5.29. The molecular weight excluding hydrogens is 276 g/mol. The van der Waals surface area contributed by atoms with Crippen LogP contribution in [0.25, 0.3) is 0 Å². The number of benzene rings is 2. The van der Waals surface area contributed by atoms with E-state index in [-0.39, 0.29) is 12.3 Å². The lowest BCUT2D eigenvalue weighted by Crippen LogP contribution is -2.42. The molecule has 0 aromatic heterocycles. The van der Waals surface area contributed by atoms with Gasteiger partial charge in [0.15, 0.2) is 6.29 Å². The number of nitrogens with one attached hydrogen (secondary N) is 1. The summed E-state index contributed by atoms with van der Waals surface area (Å²) in [5.74, 6) is 0. The molecular formula is C18H22N2O2. The van der Waals surface area contributed by atoms with Gasteiger partial charge in [-0.25, -0.2) is 5.43 Å². The van der Waals surface area contributed by atoms with Crippen LogP contribution in [0.5, 0.6) is 0 Å². The van der Waals surface area contributed by atoms with E-state index in [1.54, 1.807) is 0 Å². The lowest BCUT2D eigenvalue weighted by atomic mass is 10.2. The van der Waals surface area contributed by atoms with Gasteiger partial charge in [0.2, 0.25) is 0 Å². The fourth-order valence-corrected chi connectivity index (χ4v) is 2.62. The quantitative estimate of drug-likeness (QED) is 0.828. The molecule has 22 heavy (non-hydrogen) atoms. The first-order valence-corrected chi connectivity index (χ1v) is 7.76. The molecule has 0 saturated carbocycles. The number of nitrogens with zero attached hydrogens (tertiary/aromatic N) is 1. The molecule has 1 heterocycles. The Hall–Kier alpha value is -1.88. The molecule has 0 amide bonds. The fourth-order valence-electron chi connectivity index (χ4n) is 2.62. The Morgan fingerprint density at radius 3 is 2.18 bits per heavy atom. The minimum atomic E-state index is -0.101. The number of hydrazine groups is 1. The third-order valence-corrected chi connectivity index (χ3v) is 3.65. The van der Waals surface area contributed by atoms with Crippen molar-refractivity contribution in [2.45, 2.75) is 25.7 Å². The summed E-state index contributed by atoms with van der Waals surface area (Å²) < 4.78 is 11.2. The molecule has 1 N–H and O–H groups in total. The van der Waals surface area contributed by atoms with Crippen LogP contribution in [-0.4, -0.2) is 25.5 Å². The monoisotopic (exact) mass is 298 g/mol. The second kappa shape index (κ2) is 7.40. The maximum absolute atomic E-state index is 5.67. The molecule has 4 heteroatoms. The molecule has 0 spiro atoms. The van der Waals surface area contributed by atoms with Gasteiger partial charge in [-0.15, -0.1) is 0 Å². The van der Waals surface area contributed by atoms with E-state index in [0.717, 1.165) is 17.8 Å². The van der Waals surface area contributed by atoms with Gasteiger partial charge in [-0.1, -0.05) is 36.4 Å². The van der Waals surface area contributed by atoms with E-state index in [1.165, 1.54) is 0 Å². The molecule has 116 valence electrons. The Morgan fingerprint density at radius 2 is 1.64 bits per heavy atom. The molecule has 4 nitrogen and oxygen atoms in total. The van der Waals surface area contributed by atoms with E-state index in [9.17, 15) is 0 Å². The number of hydrogen-bond acceptors (Lipinski definition) is 4. The zero-order chi connectivity index (χ0) is 15.2. The van der Waals surface area contributed by atoms with E-state index in [4.69, 9.17) is 9.47 Å². The average molecular weight is 298 g/mol. The molecule has 0 radical (unpaired) electrons. The van der Waals surface area contributed by atoms with Crippen molar-refractivity contribution in [2.75, 3.05) is 18.2 Å². The van der Waals surface area contributed by atoms with E-state index in [2.05, 4.69) is 34.7 Å². The zero-order valence-electron chi connectivity index (χ0n) is 12.8.